The number of benzene rings is 1. The minimum Gasteiger partial charge on any atom is -0.507 e. The van der Waals surface area contributed by atoms with Gasteiger partial charge in [0.2, 0.25) is 0 Å². The quantitative estimate of drug-likeness (QED) is 0.358. The Balaban J connectivity index is 2.00. The summed E-state index contributed by atoms with van der Waals surface area (Å²) < 4.78 is 5.60. The van der Waals surface area contributed by atoms with Gasteiger partial charge in [0.05, 0.1) is 18.2 Å². The smallest absolute Gasteiger partial charge is 0.295 e. The van der Waals surface area contributed by atoms with Crippen LogP contribution in [0.25, 0.3) is 5.76 Å². The normalized spacial score (nSPS) is 18.2. The summed E-state index contributed by atoms with van der Waals surface area (Å²) in [4.78, 5) is 30.5. The van der Waals surface area contributed by atoms with Gasteiger partial charge in [-0.3, -0.25) is 9.59 Å². The Hall–Kier alpha value is -2.64. The molecule has 1 fully saturated rings. The molecule has 0 saturated carbocycles. The predicted molar refractivity (Wildman–Crippen MR) is 123 cm³/mol. The van der Waals surface area contributed by atoms with Gasteiger partial charge in [-0.15, -0.1) is 11.3 Å². The first-order chi connectivity index (χ1) is 14.8. The van der Waals surface area contributed by atoms with E-state index in [-0.39, 0.29) is 11.3 Å². The van der Waals surface area contributed by atoms with Crippen molar-refractivity contribution in [2.45, 2.75) is 32.7 Å². The van der Waals surface area contributed by atoms with Gasteiger partial charge in [0.15, 0.2) is 0 Å². The van der Waals surface area contributed by atoms with Gasteiger partial charge in [0.25, 0.3) is 11.7 Å². The molecular formula is C24H30N2O4S. The zero-order chi connectivity index (χ0) is 22.5. The van der Waals surface area contributed by atoms with Crippen LogP contribution in [0.2, 0.25) is 0 Å². The zero-order valence-electron chi connectivity index (χ0n) is 18.6. The molecule has 2 aromatic rings. The van der Waals surface area contributed by atoms with Crippen LogP contribution in [0, 0.1) is 6.92 Å². The highest BCUT2D eigenvalue weighted by atomic mass is 32.1. The Bertz CT molecular complexity index is 962. The molecule has 1 aromatic carbocycles. The minimum atomic E-state index is -0.633. The molecule has 1 aromatic heterocycles. The summed E-state index contributed by atoms with van der Waals surface area (Å²) in [6.45, 7) is 5.86. The third-order valence-electron chi connectivity index (χ3n) is 5.29. The van der Waals surface area contributed by atoms with E-state index in [1.165, 1.54) is 11.3 Å². The van der Waals surface area contributed by atoms with E-state index in [1.807, 2.05) is 44.3 Å². The third kappa shape index (κ3) is 4.99. The summed E-state index contributed by atoms with van der Waals surface area (Å²) in [7, 11) is 3.95. The van der Waals surface area contributed by atoms with E-state index in [1.54, 1.807) is 29.2 Å². The van der Waals surface area contributed by atoms with Gasteiger partial charge in [-0.2, -0.15) is 0 Å². The summed E-state index contributed by atoms with van der Waals surface area (Å²) in [5, 5.41) is 13.1. The first kappa shape index (κ1) is 23.0. The fourth-order valence-electron chi connectivity index (χ4n) is 3.69. The van der Waals surface area contributed by atoms with Gasteiger partial charge >= 0.3 is 0 Å². The lowest BCUT2D eigenvalue weighted by Gasteiger charge is -2.25. The Morgan fingerprint density at radius 2 is 1.90 bits per heavy atom. The lowest BCUT2D eigenvalue weighted by Crippen LogP contribution is -2.32. The van der Waals surface area contributed by atoms with E-state index < -0.39 is 17.7 Å². The van der Waals surface area contributed by atoms with Gasteiger partial charge in [-0.25, -0.2) is 0 Å². The number of amides is 1. The van der Waals surface area contributed by atoms with E-state index in [9.17, 15) is 14.7 Å². The second kappa shape index (κ2) is 10.1. The van der Waals surface area contributed by atoms with Crippen LogP contribution in [0.5, 0.6) is 5.75 Å². The van der Waals surface area contributed by atoms with Crippen molar-refractivity contribution in [2.75, 3.05) is 33.8 Å². The summed E-state index contributed by atoms with van der Waals surface area (Å²) in [5.74, 6) is -0.631. The van der Waals surface area contributed by atoms with Crippen molar-refractivity contribution < 1.29 is 19.4 Å². The molecule has 1 aliphatic heterocycles. The van der Waals surface area contributed by atoms with Gasteiger partial charge in [0.1, 0.15) is 11.5 Å². The average molecular weight is 443 g/mol. The molecule has 3 rings (SSSR count). The summed E-state index contributed by atoms with van der Waals surface area (Å²) in [6.07, 6.45) is 1.64. The Kier molecular flexibility index (Phi) is 7.51. The summed E-state index contributed by atoms with van der Waals surface area (Å²) in [6, 6.07) is 8.38. The number of nitrogens with zero attached hydrogens (tertiary/aromatic N) is 2. The highest BCUT2D eigenvalue weighted by molar-refractivity contribution is 7.10. The maximum Gasteiger partial charge on any atom is 0.295 e. The SMILES string of the molecule is CCCOc1ccc(/C(O)=C2/C(=O)C(=O)N(CCCN(C)C)C2c2sccc2C)cc1. The van der Waals surface area contributed by atoms with Crippen LogP contribution in [0.1, 0.15) is 41.8 Å². The van der Waals surface area contributed by atoms with Crippen molar-refractivity contribution in [1.29, 1.82) is 0 Å². The topological polar surface area (TPSA) is 70.1 Å². The molecule has 1 saturated heterocycles. The highest BCUT2D eigenvalue weighted by Gasteiger charge is 2.46. The first-order valence-electron chi connectivity index (χ1n) is 10.6. The molecule has 31 heavy (non-hydrogen) atoms. The molecule has 0 bridgehead atoms. The number of aryl methyl sites for hydroxylation is 1. The maximum absolute atomic E-state index is 13.0. The van der Waals surface area contributed by atoms with E-state index in [0.29, 0.717) is 24.5 Å². The lowest BCUT2D eigenvalue weighted by molar-refractivity contribution is -0.139. The number of aliphatic hydroxyl groups excluding tert-OH is 1. The molecule has 1 atom stereocenters. The van der Waals surface area contributed by atoms with Crippen molar-refractivity contribution in [2.24, 2.45) is 0 Å². The molecule has 1 N–H and O–H groups in total. The fourth-order valence-corrected chi connectivity index (χ4v) is 4.74. The molecule has 1 amide bonds. The number of hydrogen-bond acceptors (Lipinski definition) is 6. The van der Waals surface area contributed by atoms with E-state index in [0.717, 1.165) is 29.8 Å². The molecule has 6 nitrogen and oxygen atoms in total. The number of aliphatic hydroxyl groups is 1. The van der Waals surface area contributed by atoms with Crippen molar-refractivity contribution in [3.8, 4) is 5.75 Å². The molecule has 0 radical (unpaired) electrons. The van der Waals surface area contributed by atoms with Crippen molar-refractivity contribution in [3.63, 3.8) is 0 Å². The fraction of sp³-hybridized carbons (Fsp3) is 0.417. The van der Waals surface area contributed by atoms with Gasteiger partial charge in [0, 0.05) is 17.0 Å². The molecule has 7 heteroatoms. The maximum atomic E-state index is 13.0. The molecule has 166 valence electrons. The Morgan fingerprint density at radius 1 is 1.19 bits per heavy atom. The van der Waals surface area contributed by atoms with Crippen LogP contribution in [0.4, 0.5) is 0 Å². The number of Topliss-reactive ketones (excluding diaryl/α,β-unsaturated/α-hetero) is 1. The first-order valence-corrected chi connectivity index (χ1v) is 11.4. The van der Waals surface area contributed by atoms with Crippen LogP contribution in [0.3, 0.4) is 0 Å². The standard InChI is InChI=1S/C24H30N2O4S/c1-5-14-30-18-9-7-17(8-10-18)21(27)19-20(23-16(2)11-15-31-23)26(24(29)22(19)28)13-6-12-25(3)4/h7-11,15,20,27H,5-6,12-14H2,1-4H3/b21-19-. The predicted octanol–water partition coefficient (Wildman–Crippen LogP) is 4.22. The second-order valence-electron chi connectivity index (χ2n) is 7.99. The molecule has 1 unspecified atom stereocenters. The average Bonchev–Trinajstić information content (AvgIpc) is 3.27. The van der Waals surface area contributed by atoms with Crippen LogP contribution >= 0.6 is 11.3 Å². The number of thiophene rings is 1. The number of ether oxygens (including phenoxy) is 1. The number of carbonyl (C=O) groups excluding carboxylic acids is 2. The Labute approximate surface area is 187 Å². The number of rotatable bonds is 9. The molecule has 2 heterocycles. The zero-order valence-corrected chi connectivity index (χ0v) is 19.4. The minimum absolute atomic E-state index is 0.145. The Morgan fingerprint density at radius 3 is 2.48 bits per heavy atom. The monoisotopic (exact) mass is 442 g/mol. The highest BCUT2D eigenvalue weighted by Crippen LogP contribution is 2.42. The second-order valence-corrected chi connectivity index (χ2v) is 8.94. The molecule has 1 aliphatic rings. The third-order valence-corrected chi connectivity index (χ3v) is 6.37. The van der Waals surface area contributed by atoms with Gasteiger partial charge in [-0.1, -0.05) is 6.92 Å². The van der Waals surface area contributed by atoms with Crippen molar-refractivity contribution in [3.05, 3.63) is 57.3 Å². The number of carbonyl (C=O) groups is 2. The summed E-state index contributed by atoms with van der Waals surface area (Å²) in [5.41, 5.74) is 1.65. The van der Waals surface area contributed by atoms with Gasteiger partial charge < -0.3 is 19.6 Å². The molecule has 0 spiro atoms. The molecule has 0 aliphatic carbocycles. The molecular weight excluding hydrogens is 412 g/mol. The van der Waals surface area contributed by atoms with Crippen LogP contribution in [-0.4, -0.2) is 60.4 Å². The number of likely N-dealkylation sites (tertiary alicyclic amines) is 1. The van der Waals surface area contributed by atoms with E-state index in [2.05, 4.69) is 0 Å². The lowest BCUT2D eigenvalue weighted by atomic mass is 9.98. The van der Waals surface area contributed by atoms with E-state index in [4.69, 9.17) is 4.74 Å². The van der Waals surface area contributed by atoms with Crippen LogP contribution < -0.4 is 4.74 Å². The number of ketones is 1. The summed E-state index contributed by atoms with van der Waals surface area (Å²) >= 11 is 1.50. The van der Waals surface area contributed by atoms with Crippen molar-refractivity contribution >= 4 is 28.8 Å². The number of hydrogen-bond donors (Lipinski definition) is 1. The van der Waals surface area contributed by atoms with Crippen LogP contribution in [0.15, 0.2) is 41.3 Å². The van der Waals surface area contributed by atoms with Crippen LogP contribution in [-0.2, 0) is 9.59 Å². The largest absolute Gasteiger partial charge is 0.507 e. The van der Waals surface area contributed by atoms with Gasteiger partial charge in [-0.05, 0) is 81.7 Å². The van der Waals surface area contributed by atoms with Crippen molar-refractivity contribution in [1.82, 2.24) is 9.80 Å². The van der Waals surface area contributed by atoms with E-state index >= 15 is 0 Å².